The molecule has 1 heterocycles. The number of aromatic nitrogens is 3. The number of rotatable bonds is 2. The van der Waals surface area contributed by atoms with Crippen molar-refractivity contribution in [2.45, 2.75) is 13.8 Å². The number of ketones is 1. The number of hydrogen-bond acceptors (Lipinski definition) is 4. The van der Waals surface area contributed by atoms with Gasteiger partial charge in [-0.1, -0.05) is 0 Å². The summed E-state index contributed by atoms with van der Waals surface area (Å²) < 4.78 is 0. The van der Waals surface area contributed by atoms with Gasteiger partial charge in [0.2, 0.25) is 0 Å². The number of carbonyl (C=O) groups is 1. The van der Waals surface area contributed by atoms with Crippen LogP contribution in [0.1, 0.15) is 13.8 Å². The predicted molar refractivity (Wildman–Crippen MR) is 67.3 cm³/mol. The van der Waals surface area contributed by atoms with Crippen molar-refractivity contribution >= 4 is 5.78 Å². The number of hydrogen-bond donors (Lipinski definition) is 1. The van der Waals surface area contributed by atoms with Crippen LogP contribution in [0.2, 0.25) is 0 Å². The fourth-order valence-electron chi connectivity index (χ4n) is 1.14. The molecule has 0 bridgehead atoms. The minimum Gasteiger partial charge on any atom is -0.512 e. The molecule has 104 valence electrons. The van der Waals surface area contributed by atoms with E-state index in [1.54, 1.807) is 12.4 Å². The van der Waals surface area contributed by atoms with Gasteiger partial charge < -0.3 is 5.11 Å². The minimum atomic E-state index is -0.125. The maximum Gasteiger partial charge on any atom is 0.155 e. The van der Waals surface area contributed by atoms with Crippen LogP contribution in [0.15, 0.2) is 48.5 Å². The number of aliphatic hydroxyl groups excluding tert-OH is 1. The molecule has 0 atom stereocenters. The second kappa shape index (κ2) is 9.20. The Morgan fingerprint density at radius 2 is 1.95 bits per heavy atom. The Balaban J connectivity index is 0.000000360. The summed E-state index contributed by atoms with van der Waals surface area (Å²) >= 11 is 0. The molecule has 5 nitrogen and oxygen atoms in total. The third kappa shape index (κ3) is 7.29. The molecule has 0 aliphatic heterocycles. The fourth-order valence-corrected chi connectivity index (χ4v) is 1.14. The average Bonchev–Trinajstić information content (AvgIpc) is 2.82. The first-order valence-electron chi connectivity index (χ1n) is 5.31. The molecular weight excluding hydrogens is 337 g/mol. The van der Waals surface area contributed by atoms with E-state index in [9.17, 15) is 4.79 Å². The summed E-state index contributed by atoms with van der Waals surface area (Å²) in [5.74, 6) is -0.0625. The largest absolute Gasteiger partial charge is 0.512 e. The normalized spacial score (nSPS) is 9.89. The van der Waals surface area contributed by atoms with Crippen molar-refractivity contribution in [3.63, 3.8) is 0 Å². The molecule has 0 aliphatic rings. The first-order chi connectivity index (χ1) is 8.59. The molecule has 1 N–H and O–H groups in total. The summed E-state index contributed by atoms with van der Waals surface area (Å²) in [6, 6.07) is 10.6. The van der Waals surface area contributed by atoms with E-state index >= 15 is 0 Å². The molecule has 0 radical (unpaired) electrons. The SMILES string of the molecule is CC(=O)C=C(C)O.[Pd].[c-]1ccccc1-n1nccn1. The van der Waals surface area contributed by atoms with Crippen molar-refractivity contribution in [3.8, 4) is 5.69 Å². The molecule has 6 heteroatoms. The van der Waals surface area contributed by atoms with Crippen LogP contribution in [0.5, 0.6) is 0 Å². The summed E-state index contributed by atoms with van der Waals surface area (Å²) in [6.45, 7) is 2.85. The van der Waals surface area contributed by atoms with Gasteiger partial charge in [0.05, 0.1) is 18.2 Å². The molecule has 2 rings (SSSR count). The van der Waals surface area contributed by atoms with Crippen molar-refractivity contribution in [1.29, 1.82) is 0 Å². The van der Waals surface area contributed by atoms with E-state index in [4.69, 9.17) is 5.11 Å². The fraction of sp³-hybridized carbons (Fsp3) is 0.154. The van der Waals surface area contributed by atoms with Crippen LogP contribution < -0.4 is 0 Å². The van der Waals surface area contributed by atoms with E-state index in [1.807, 2.05) is 24.3 Å². The van der Waals surface area contributed by atoms with Crippen LogP contribution in [0, 0.1) is 6.07 Å². The molecule has 0 fully saturated rings. The van der Waals surface area contributed by atoms with Gasteiger partial charge >= 0.3 is 0 Å². The number of nitrogens with zero attached hydrogens (tertiary/aromatic N) is 3. The first kappa shape index (κ1) is 17.2. The second-order valence-corrected chi connectivity index (χ2v) is 3.46. The zero-order valence-electron chi connectivity index (χ0n) is 10.6. The zero-order chi connectivity index (χ0) is 13.4. The van der Waals surface area contributed by atoms with E-state index in [0.717, 1.165) is 5.69 Å². The van der Waals surface area contributed by atoms with E-state index in [2.05, 4.69) is 16.3 Å². The van der Waals surface area contributed by atoms with Crippen molar-refractivity contribution in [1.82, 2.24) is 15.0 Å². The Labute approximate surface area is 125 Å². The van der Waals surface area contributed by atoms with E-state index in [-0.39, 0.29) is 32.0 Å². The Morgan fingerprint density at radius 3 is 2.32 bits per heavy atom. The van der Waals surface area contributed by atoms with Gasteiger partial charge in [-0.25, -0.2) is 0 Å². The van der Waals surface area contributed by atoms with Crippen LogP contribution in [0.4, 0.5) is 0 Å². The van der Waals surface area contributed by atoms with Gasteiger partial charge in [0.15, 0.2) is 5.78 Å². The number of aliphatic hydroxyl groups is 1. The zero-order valence-corrected chi connectivity index (χ0v) is 12.1. The van der Waals surface area contributed by atoms with Gasteiger partial charge in [0.25, 0.3) is 0 Å². The molecule has 0 saturated heterocycles. The molecule has 1 aromatic heterocycles. The van der Waals surface area contributed by atoms with E-state index in [0.29, 0.717) is 0 Å². The van der Waals surface area contributed by atoms with Crippen molar-refractivity contribution in [2.75, 3.05) is 0 Å². The molecule has 0 saturated carbocycles. The van der Waals surface area contributed by atoms with Crippen molar-refractivity contribution < 1.29 is 30.3 Å². The van der Waals surface area contributed by atoms with Crippen LogP contribution in [-0.2, 0) is 25.2 Å². The third-order valence-electron chi connectivity index (χ3n) is 1.74. The number of benzene rings is 1. The number of carbonyl (C=O) groups excluding carboxylic acids is 1. The van der Waals surface area contributed by atoms with Crippen LogP contribution in [0.25, 0.3) is 5.69 Å². The number of allylic oxidation sites excluding steroid dienone is 2. The van der Waals surface area contributed by atoms with E-state index < -0.39 is 0 Å². The van der Waals surface area contributed by atoms with Crippen LogP contribution in [0.3, 0.4) is 0 Å². The first-order valence-corrected chi connectivity index (χ1v) is 5.31. The predicted octanol–water partition coefficient (Wildman–Crippen LogP) is 2.10. The minimum absolute atomic E-state index is 0. The Morgan fingerprint density at radius 1 is 1.32 bits per heavy atom. The molecule has 0 spiro atoms. The van der Waals surface area contributed by atoms with Crippen molar-refractivity contribution in [3.05, 3.63) is 54.6 Å². The Kier molecular flexibility index (Phi) is 8.34. The van der Waals surface area contributed by atoms with Crippen molar-refractivity contribution in [2.24, 2.45) is 0 Å². The molecule has 19 heavy (non-hydrogen) atoms. The van der Waals surface area contributed by atoms with Gasteiger partial charge in [-0.2, -0.15) is 39.3 Å². The maximum atomic E-state index is 10.0. The van der Waals surface area contributed by atoms with Crippen LogP contribution >= 0.6 is 0 Å². The maximum absolute atomic E-state index is 10.0. The topological polar surface area (TPSA) is 68.0 Å². The summed E-state index contributed by atoms with van der Waals surface area (Å²) in [5.41, 5.74) is 0.859. The van der Waals surface area contributed by atoms with Gasteiger partial charge in [0, 0.05) is 26.5 Å². The summed E-state index contributed by atoms with van der Waals surface area (Å²) in [4.78, 5) is 11.5. The summed E-state index contributed by atoms with van der Waals surface area (Å²) in [5, 5.41) is 16.3. The number of para-hydroxylation sites is 1. The van der Waals surface area contributed by atoms with Gasteiger partial charge in [-0.05, 0) is 19.5 Å². The molecule has 2 aromatic rings. The van der Waals surface area contributed by atoms with Gasteiger partial charge in [-0.3, -0.25) is 4.79 Å². The second-order valence-electron chi connectivity index (χ2n) is 3.46. The molecule has 1 aromatic carbocycles. The standard InChI is InChI=1S/C8H6N3.C5H8O2.Pd/c1-2-4-8(5-3-1)11-9-6-7-10-11;1-4(6)3-5(2)7;/h1-4,6-7H;3,6H,1-2H3;/q-1;;. The van der Waals surface area contributed by atoms with Gasteiger partial charge in [0.1, 0.15) is 0 Å². The average molecular weight is 351 g/mol. The Hall–Kier alpha value is -1.77. The summed E-state index contributed by atoms with van der Waals surface area (Å²) in [7, 11) is 0. The van der Waals surface area contributed by atoms with Crippen LogP contribution in [-0.4, -0.2) is 25.9 Å². The molecule has 0 unspecified atom stereocenters. The molecular formula is C13H14N3O2Pd-. The summed E-state index contributed by atoms with van der Waals surface area (Å²) in [6.07, 6.45) is 4.45. The molecule has 0 amide bonds. The smallest absolute Gasteiger partial charge is 0.155 e. The third-order valence-corrected chi connectivity index (χ3v) is 1.74. The Bertz CT molecular complexity index is 506. The van der Waals surface area contributed by atoms with E-state index in [1.165, 1.54) is 24.7 Å². The van der Waals surface area contributed by atoms with Gasteiger partial charge in [-0.15, -0.1) is 6.07 Å². The molecule has 0 aliphatic carbocycles. The quantitative estimate of drug-likeness (QED) is 0.390. The monoisotopic (exact) mass is 350 g/mol.